The van der Waals surface area contributed by atoms with E-state index in [1.54, 1.807) is 0 Å². The highest BCUT2D eigenvalue weighted by molar-refractivity contribution is 5.22. The lowest BCUT2D eigenvalue weighted by Crippen LogP contribution is -2.33. The van der Waals surface area contributed by atoms with E-state index >= 15 is 0 Å². The van der Waals surface area contributed by atoms with Crippen molar-refractivity contribution >= 4 is 0 Å². The molecule has 0 radical (unpaired) electrons. The number of benzene rings is 1. The van der Waals surface area contributed by atoms with Crippen LogP contribution in [0, 0.1) is 0 Å². The molecule has 1 aromatic carbocycles. The summed E-state index contributed by atoms with van der Waals surface area (Å²) in [5, 5.41) is 10.9. The average molecular weight is 261 g/mol. The minimum atomic E-state index is -0.659. The summed E-state index contributed by atoms with van der Waals surface area (Å²) in [6, 6.07) is 10.1. The van der Waals surface area contributed by atoms with Crippen LogP contribution in [-0.2, 0) is 5.60 Å². The van der Waals surface area contributed by atoms with E-state index in [9.17, 15) is 5.11 Å². The fraction of sp³-hybridized carbons (Fsp3) is 0.647. The van der Waals surface area contributed by atoms with Gasteiger partial charge in [-0.1, -0.05) is 50.1 Å². The zero-order chi connectivity index (χ0) is 13.6. The van der Waals surface area contributed by atoms with Gasteiger partial charge >= 0.3 is 0 Å². The molecule has 0 aromatic heterocycles. The number of rotatable bonds is 5. The molecule has 1 aliphatic heterocycles. The summed E-state index contributed by atoms with van der Waals surface area (Å²) in [7, 11) is 0. The molecule has 1 aliphatic rings. The summed E-state index contributed by atoms with van der Waals surface area (Å²) in [4.78, 5) is 2.52. The molecule has 1 heterocycles. The van der Waals surface area contributed by atoms with E-state index in [0.29, 0.717) is 0 Å². The highest BCUT2D eigenvalue weighted by atomic mass is 16.3. The van der Waals surface area contributed by atoms with Crippen molar-refractivity contribution in [1.29, 1.82) is 0 Å². The largest absolute Gasteiger partial charge is 0.385 e. The van der Waals surface area contributed by atoms with Gasteiger partial charge in [0.25, 0.3) is 0 Å². The third-order valence-corrected chi connectivity index (χ3v) is 4.44. The first kappa shape index (κ1) is 14.5. The molecule has 106 valence electrons. The van der Waals surface area contributed by atoms with Crippen LogP contribution in [0.1, 0.15) is 51.0 Å². The minimum absolute atomic E-state index is 0.659. The van der Waals surface area contributed by atoms with E-state index in [4.69, 9.17) is 0 Å². The van der Waals surface area contributed by atoms with Crippen molar-refractivity contribution in [3.8, 4) is 0 Å². The maximum atomic E-state index is 10.9. The van der Waals surface area contributed by atoms with Gasteiger partial charge in [0.2, 0.25) is 0 Å². The van der Waals surface area contributed by atoms with Crippen LogP contribution < -0.4 is 0 Å². The van der Waals surface area contributed by atoms with Gasteiger partial charge in [0.15, 0.2) is 0 Å². The van der Waals surface area contributed by atoms with Gasteiger partial charge < -0.3 is 10.0 Å². The Morgan fingerprint density at radius 2 is 1.68 bits per heavy atom. The molecule has 0 bridgehead atoms. The zero-order valence-electron chi connectivity index (χ0n) is 12.1. The Bertz CT molecular complexity index is 357. The van der Waals surface area contributed by atoms with Gasteiger partial charge in [-0.2, -0.15) is 0 Å². The Labute approximate surface area is 117 Å². The summed E-state index contributed by atoms with van der Waals surface area (Å²) in [5.74, 6) is 0. The molecule has 0 spiro atoms. The molecule has 0 saturated carbocycles. The number of nitrogens with zero attached hydrogens (tertiary/aromatic N) is 1. The van der Waals surface area contributed by atoms with Crippen molar-refractivity contribution in [3.63, 3.8) is 0 Å². The maximum absolute atomic E-state index is 10.9. The van der Waals surface area contributed by atoms with E-state index in [1.165, 1.54) is 38.8 Å². The first-order chi connectivity index (χ1) is 9.24. The Hall–Kier alpha value is -0.860. The van der Waals surface area contributed by atoms with E-state index < -0.39 is 5.60 Å². The van der Waals surface area contributed by atoms with Crippen LogP contribution in [0.3, 0.4) is 0 Å². The molecule has 0 aliphatic carbocycles. The minimum Gasteiger partial charge on any atom is -0.385 e. The second-order valence-electron chi connectivity index (χ2n) is 5.76. The molecule has 19 heavy (non-hydrogen) atoms. The third kappa shape index (κ3) is 4.05. The van der Waals surface area contributed by atoms with Gasteiger partial charge in [0, 0.05) is 6.54 Å². The number of likely N-dealkylation sites (tertiary alicyclic amines) is 1. The Morgan fingerprint density at radius 3 is 2.26 bits per heavy atom. The van der Waals surface area contributed by atoms with Crippen LogP contribution in [0.5, 0.6) is 0 Å². The second-order valence-corrected chi connectivity index (χ2v) is 5.76. The lowest BCUT2D eigenvalue weighted by molar-refractivity contribution is 0.0135. The Balaban J connectivity index is 1.94. The van der Waals surface area contributed by atoms with Crippen LogP contribution in [-0.4, -0.2) is 29.6 Å². The summed E-state index contributed by atoms with van der Waals surface area (Å²) >= 11 is 0. The van der Waals surface area contributed by atoms with Crippen LogP contribution >= 0.6 is 0 Å². The van der Waals surface area contributed by atoms with E-state index in [0.717, 1.165) is 24.9 Å². The smallest absolute Gasteiger partial charge is 0.0906 e. The highest BCUT2D eigenvalue weighted by Gasteiger charge is 2.27. The number of hydrogen-bond donors (Lipinski definition) is 1. The molecular weight excluding hydrogens is 234 g/mol. The van der Waals surface area contributed by atoms with Crippen LogP contribution in [0.2, 0.25) is 0 Å². The summed E-state index contributed by atoms with van der Waals surface area (Å²) in [5.41, 5.74) is 0.403. The fourth-order valence-electron chi connectivity index (χ4n) is 2.98. The topological polar surface area (TPSA) is 23.5 Å². The molecule has 2 nitrogen and oxygen atoms in total. The van der Waals surface area contributed by atoms with Gasteiger partial charge in [0.05, 0.1) is 5.60 Å². The molecule has 1 fully saturated rings. The summed E-state index contributed by atoms with van der Waals surface area (Å²) in [6.45, 7) is 5.50. The van der Waals surface area contributed by atoms with Gasteiger partial charge in [-0.3, -0.25) is 0 Å². The fourth-order valence-corrected chi connectivity index (χ4v) is 2.98. The van der Waals surface area contributed by atoms with Crippen LogP contribution in [0.25, 0.3) is 0 Å². The quantitative estimate of drug-likeness (QED) is 0.876. The highest BCUT2D eigenvalue weighted by Crippen LogP contribution is 2.29. The molecule has 1 atom stereocenters. The van der Waals surface area contributed by atoms with Gasteiger partial charge in [-0.15, -0.1) is 0 Å². The van der Waals surface area contributed by atoms with Crippen molar-refractivity contribution in [2.75, 3.05) is 19.6 Å². The SMILES string of the molecule is CC[C@@](O)(CCN1CCCCCC1)c1ccccc1. The monoisotopic (exact) mass is 261 g/mol. The number of aliphatic hydroxyl groups is 1. The molecule has 1 aromatic rings. The first-order valence-corrected chi connectivity index (χ1v) is 7.75. The van der Waals surface area contributed by atoms with E-state index in [-0.39, 0.29) is 0 Å². The van der Waals surface area contributed by atoms with Crippen molar-refractivity contribution in [3.05, 3.63) is 35.9 Å². The normalized spacial score (nSPS) is 20.7. The van der Waals surface area contributed by atoms with Crippen molar-refractivity contribution in [2.45, 2.75) is 51.0 Å². The molecule has 1 saturated heterocycles. The van der Waals surface area contributed by atoms with Gasteiger partial charge in [-0.05, 0) is 44.3 Å². The van der Waals surface area contributed by atoms with E-state index in [1.807, 2.05) is 30.3 Å². The van der Waals surface area contributed by atoms with Crippen molar-refractivity contribution < 1.29 is 5.11 Å². The summed E-state index contributed by atoms with van der Waals surface area (Å²) < 4.78 is 0. The third-order valence-electron chi connectivity index (χ3n) is 4.44. The molecule has 2 rings (SSSR count). The molecule has 2 heteroatoms. The lowest BCUT2D eigenvalue weighted by Gasteiger charge is -2.30. The van der Waals surface area contributed by atoms with E-state index in [2.05, 4.69) is 11.8 Å². The molecule has 0 amide bonds. The van der Waals surface area contributed by atoms with Gasteiger partial charge in [-0.25, -0.2) is 0 Å². The Morgan fingerprint density at radius 1 is 1.05 bits per heavy atom. The molecular formula is C17H27NO. The summed E-state index contributed by atoms with van der Waals surface area (Å²) in [6.07, 6.45) is 6.99. The Kier molecular flexibility index (Phi) is 5.41. The predicted molar refractivity (Wildman–Crippen MR) is 80.2 cm³/mol. The van der Waals surface area contributed by atoms with Gasteiger partial charge in [0.1, 0.15) is 0 Å². The van der Waals surface area contributed by atoms with Crippen LogP contribution in [0.4, 0.5) is 0 Å². The van der Waals surface area contributed by atoms with Crippen LogP contribution in [0.15, 0.2) is 30.3 Å². The molecule has 0 unspecified atom stereocenters. The zero-order valence-corrected chi connectivity index (χ0v) is 12.1. The van der Waals surface area contributed by atoms with Crippen molar-refractivity contribution in [1.82, 2.24) is 4.90 Å². The lowest BCUT2D eigenvalue weighted by atomic mass is 9.88. The standard InChI is InChI=1S/C17H27NO/c1-2-17(19,16-10-6-5-7-11-16)12-15-18-13-8-3-4-9-14-18/h5-7,10-11,19H,2-4,8-9,12-15H2,1H3/t17-/m1/s1. The molecule has 1 N–H and O–H groups in total. The maximum Gasteiger partial charge on any atom is 0.0906 e. The predicted octanol–water partition coefficient (Wildman–Crippen LogP) is 3.55. The van der Waals surface area contributed by atoms with Crippen molar-refractivity contribution in [2.24, 2.45) is 0 Å². The first-order valence-electron chi connectivity index (χ1n) is 7.75. The second kappa shape index (κ2) is 7.06. The number of hydrogen-bond acceptors (Lipinski definition) is 2. The average Bonchev–Trinajstić information content (AvgIpc) is 2.74.